The molecule has 0 aliphatic carbocycles. The van der Waals surface area contributed by atoms with Crippen LogP contribution in [0.1, 0.15) is 24.8 Å². The number of thiazole rings is 1. The maximum absolute atomic E-state index is 9.58. The number of unbranched alkanes of at least 4 members (excludes halogenated alkanes) is 1. The Kier molecular flexibility index (Phi) is 6.16. The van der Waals surface area contributed by atoms with Crippen LogP contribution in [0, 0.1) is 11.3 Å². The van der Waals surface area contributed by atoms with Crippen LogP contribution in [0.4, 0.5) is 5.69 Å². The van der Waals surface area contributed by atoms with Gasteiger partial charge in [-0.05, 0) is 48.9 Å². The molecule has 0 unspecified atom stereocenters. The second-order valence-corrected chi connectivity index (χ2v) is 7.50. The van der Waals surface area contributed by atoms with Crippen LogP contribution in [-0.2, 0) is 0 Å². The molecule has 1 aliphatic heterocycles. The Labute approximate surface area is 179 Å². The third-order valence-electron chi connectivity index (χ3n) is 4.53. The van der Waals surface area contributed by atoms with Crippen molar-refractivity contribution in [3.63, 3.8) is 0 Å². The Morgan fingerprint density at radius 3 is 2.87 bits per heavy atom. The quantitative estimate of drug-likeness (QED) is 0.373. The van der Waals surface area contributed by atoms with Crippen molar-refractivity contribution in [2.75, 3.05) is 18.7 Å². The lowest BCUT2D eigenvalue weighted by Crippen LogP contribution is -1.96. The van der Waals surface area contributed by atoms with E-state index in [9.17, 15) is 5.26 Å². The van der Waals surface area contributed by atoms with Crippen LogP contribution in [0.25, 0.3) is 16.8 Å². The summed E-state index contributed by atoms with van der Waals surface area (Å²) in [4.78, 5) is 4.62. The SMILES string of the molecule is CCCCOc1ccc(NC=C(C#N)c2nc(-c3ccc4c(c3)OCO4)cs2)cc1. The number of nitriles is 1. The van der Waals surface area contributed by atoms with Gasteiger partial charge in [0.15, 0.2) is 11.5 Å². The highest BCUT2D eigenvalue weighted by molar-refractivity contribution is 7.11. The van der Waals surface area contributed by atoms with E-state index in [1.54, 1.807) is 6.20 Å². The van der Waals surface area contributed by atoms with Crippen molar-refractivity contribution in [2.24, 2.45) is 0 Å². The molecule has 2 aromatic carbocycles. The molecule has 1 aromatic heterocycles. The lowest BCUT2D eigenvalue weighted by molar-refractivity contribution is 0.174. The molecule has 0 amide bonds. The summed E-state index contributed by atoms with van der Waals surface area (Å²) in [6, 6.07) is 15.6. The van der Waals surface area contributed by atoms with Crippen LogP contribution in [-0.4, -0.2) is 18.4 Å². The minimum atomic E-state index is 0.236. The minimum Gasteiger partial charge on any atom is -0.494 e. The van der Waals surface area contributed by atoms with Crippen LogP contribution in [0.15, 0.2) is 54.0 Å². The van der Waals surface area contributed by atoms with Crippen molar-refractivity contribution in [3.05, 3.63) is 59.1 Å². The fourth-order valence-electron chi connectivity index (χ4n) is 2.86. The standard InChI is InChI=1S/C23H21N3O3S/c1-2-3-10-27-19-7-5-18(6-8-19)25-13-17(12-24)23-26-20(14-30-23)16-4-9-21-22(11-16)29-15-28-21/h4-9,11,13-14,25H,2-3,10,15H2,1H3. The number of rotatable bonds is 8. The molecule has 7 heteroatoms. The van der Waals surface area contributed by atoms with Gasteiger partial charge < -0.3 is 19.5 Å². The number of aromatic nitrogens is 1. The van der Waals surface area contributed by atoms with Gasteiger partial charge in [0, 0.05) is 22.8 Å². The van der Waals surface area contributed by atoms with Gasteiger partial charge in [0.2, 0.25) is 6.79 Å². The molecule has 0 radical (unpaired) electrons. The van der Waals surface area contributed by atoms with Gasteiger partial charge in [0.05, 0.1) is 12.3 Å². The molecule has 3 aromatic rings. The van der Waals surface area contributed by atoms with E-state index in [1.165, 1.54) is 11.3 Å². The van der Waals surface area contributed by atoms with Crippen LogP contribution in [0.5, 0.6) is 17.2 Å². The van der Waals surface area contributed by atoms with Gasteiger partial charge in [0.1, 0.15) is 22.4 Å². The highest BCUT2D eigenvalue weighted by atomic mass is 32.1. The summed E-state index contributed by atoms with van der Waals surface area (Å²) in [5, 5.41) is 15.3. The molecule has 30 heavy (non-hydrogen) atoms. The van der Waals surface area contributed by atoms with Crippen LogP contribution in [0.2, 0.25) is 0 Å². The molecule has 0 atom stereocenters. The first-order valence-electron chi connectivity index (χ1n) is 9.72. The van der Waals surface area contributed by atoms with E-state index in [0.29, 0.717) is 16.3 Å². The van der Waals surface area contributed by atoms with E-state index in [1.807, 2.05) is 47.8 Å². The molecular weight excluding hydrogens is 398 g/mol. The lowest BCUT2D eigenvalue weighted by atomic mass is 10.1. The zero-order valence-electron chi connectivity index (χ0n) is 16.6. The van der Waals surface area contributed by atoms with Gasteiger partial charge in [-0.2, -0.15) is 5.26 Å². The number of hydrogen-bond acceptors (Lipinski definition) is 7. The molecule has 1 N–H and O–H groups in total. The highest BCUT2D eigenvalue weighted by Gasteiger charge is 2.16. The maximum atomic E-state index is 9.58. The predicted octanol–water partition coefficient (Wildman–Crippen LogP) is 5.69. The Morgan fingerprint density at radius 2 is 2.07 bits per heavy atom. The van der Waals surface area contributed by atoms with Gasteiger partial charge in [-0.3, -0.25) is 0 Å². The molecule has 0 saturated heterocycles. The van der Waals surface area contributed by atoms with Crippen molar-refractivity contribution < 1.29 is 14.2 Å². The van der Waals surface area contributed by atoms with Crippen molar-refractivity contribution >= 4 is 22.6 Å². The second-order valence-electron chi connectivity index (χ2n) is 6.65. The number of fused-ring (bicyclic) bond motifs is 1. The number of anilines is 1. The Bertz CT molecular complexity index is 1080. The van der Waals surface area contributed by atoms with Crippen LogP contribution in [0.3, 0.4) is 0 Å². The van der Waals surface area contributed by atoms with Gasteiger partial charge in [0.25, 0.3) is 0 Å². The molecule has 0 fully saturated rings. The van der Waals surface area contributed by atoms with Crippen molar-refractivity contribution in [3.8, 4) is 34.6 Å². The summed E-state index contributed by atoms with van der Waals surface area (Å²) < 4.78 is 16.4. The Morgan fingerprint density at radius 1 is 1.23 bits per heavy atom. The number of nitrogens with zero attached hydrogens (tertiary/aromatic N) is 2. The molecule has 6 nitrogen and oxygen atoms in total. The number of ether oxygens (including phenoxy) is 3. The molecule has 0 spiro atoms. The third kappa shape index (κ3) is 4.56. The summed E-state index contributed by atoms with van der Waals surface area (Å²) in [6.07, 6.45) is 3.82. The van der Waals surface area contributed by atoms with Gasteiger partial charge >= 0.3 is 0 Å². The second kappa shape index (κ2) is 9.33. The first kappa shape index (κ1) is 19.8. The van der Waals surface area contributed by atoms with Gasteiger partial charge in [-0.25, -0.2) is 4.98 Å². The molecule has 0 saturated carbocycles. The van der Waals surface area contributed by atoms with Crippen molar-refractivity contribution in [2.45, 2.75) is 19.8 Å². The number of hydrogen-bond donors (Lipinski definition) is 1. The summed E-state index contributed by atoms with van der Waals surface area (Å²) in [7, 11) is 0. The summed E-state index contributed by atoms with van der Waals surface area (Å²) in [5.74, 6) is 2.28. The minimum absolute atomic E-state index is 0.236. The maximum Gasteiger partial charge on any atom is 0.231 e. The fraction of sp³-hybridized carbons (Fsp3) is 0.217. The highest BCUT2D eigenvalue weighted by Crippen LogP contribution is 2.36. The van der Waals surface area contributed by atoms with E-state index in [4.69, 9.17) is 14.2 Å². The van der Waals surface area contributed by atoms with E-state index in [0.717, 1.165) is 47.9 Å². The lowest BCUT2D eigenvalue weighted by Gasteiger charge is -2.06. The van der Waals surface area contributed by atoms with Crippen LogP contribution >= 0.6 is 11.3 Å². The summed E-state index contributed by atoms with van der Waals surface area (Å²) >= 11 is 1.43. The molecule has 152 valence electrons. The fourth-order valence-corrected chi connectivity index (χ4v) is 3.66. The topological polar surface area (TPSA) is 76.4 Å². The van der Waals surface area contributed by atoms with Gasteiger partial charge in [-0.15, -0.1) is 11.3 Å². The Hall–Kier alpha value is -3.50. The zero-order chi connectivity index (χ0) is 20.8. The van der Waals surface area contributed by atoms with Crippen molar-refractivity contribution in [1.29, 1.82) is 5.26 Å². The average Bonchev–Trinajstić information content (AvgIpc) is 3.45. The molecule has 4 rings (SSSR count). The third-order valence-corrected chi connectivity index (χ3v) is 5.40. The first-order valence-corrected chi connectivity index (χ1v) is 10.6. The number of allylic oxidation sites excluding steroid dienone is 1. The number of benzene rings is 2. The molecule has 2 heterocycles. The van der Waals surface area contributed by atoms with E-state index < -0.39 is 0 Å². The summed E-state index contributed by atoms with van der Waals surface area (Å²) in [6.45, 7) is 3.09. The largest absolute Gasteiger partial charge is 0.494 e. The average molecular weight is 420 g/mol. The molecule has 1 aliphatic rings. The first-order chi connectivity index (χ1) is 14.8. The predicted molar refractivity (Wildman–Crippen MR) is 118 cm³/mol. The summed E-state index contributed by atoms with van der Waals surface area (Å²) in [5.41, 5.74) is 3.06. The normalized spacial score (nSPS) is 12.5. The van der Waals surface area contributed by atoms with Crippen molar-refractivity contribution in [1.82, 2.24) is 4.98 Å². The monoisotopic (exact) mass is 419 g/mol. The molecule has 0 bridgehead atoms. The number of nitrogens with one attached hydrogen (secondary N) is 1. The zero-order valence-corrected chi connectivity index (χ0v) is 17.4. The van der Waals surface area contributed by atoms with Crippen LogP contribution < -0.4 is 19.5 Å². The van der Waals surface area contributed by atoms with E-state index in [2.05, 4.69) is 23.3 Å². The van der Waals surface area contributed by atoms with E-state index in [-0.39, 0.29) is 6.79 Å². The molecular formula is C23H21N3O3S. The Balaban J connectivity index is 1.44. The van der Waals surface area contributed by atoms with E-state index >= 15 is 0 Å². The smallest absolute Gasteiger partial charge is 0.231 e. The van der Waals surface area contributed by atoms with Gasteiger partial charge in [-0.1, -0.05) is 13.3 Å².